The van der Waals surface area contributed by atoms with Crippen LogP contribution in [0.3, 0.4) is 0 Å². The Labute approximate surface area is 125 Å². The van der Waals surface area contributed by atoms with Gasteiger partial charge in [0.15, 0.2) is 11.4 Å². The lowest BCUT2D eigenvalue weighted by Crippen LogP contribution is -2.52. The van der Waals surface area contributed by atoms with Crippen molar-refractivity contribution in [3.8, 4) is 0 Å². The van der Waals surface area contributed by atoms with Gasteiger partial charge in [-0.2, -0.15) is 0 Å². The van der Waals surface area contributed by atoms with Gasteiger partial charge in [-0.15, -0.1) is 0 Å². The minimum absolute atomic E-state index is 0.0647. The second-order valence-electron chi connectivity index (χ2n) is 7.13. The summed E-state index contributed by atoms with van der Waals surface area (Å²) in [5, 5.41) is 0. The van der Waals surface area contributed by atoms with Gasteiger partial charge in [0.25, 0.3) is 0 Å². The van der Waals surface area contributed by atoms with Crippen LogP contribution in [-0.4, -0.2) is 17.2 Å². The minimum atomic E-state index is -0.785. The van der Waals surface area contributed by atoms with E-state index in [1.807, 2.05) is 13.0 Å². The molecule has 1 unspecified atom stereocenters. The number of ether oxygens (including phenoxy) is 1. The van der Waals surface area contributed by atoms with Crippen molar-refractivity contribution >= 4 is 11.6 Å². The van der Waals surface area contributed by atoms with Crippen LogP contribution in [0.25, 0.3) is 0 Å². The summed E-state index contributed by atoms with van der Waals surface area (Å²) in [6.07, 6.45) is 10.4. The van der Waals surface area contributed by atoms with Crippen LogP contribution in [0, 0.1) is 23.2 Å². The molecule has 21 heavy (non-hydrogen) atoms. The lowest BCUT2D eigenvalue weighted by molar-refractivity contribution is -0.145. The lowest BCUT2D eigenvalue weighted by Gasteiger charge is -2.40. The zero-order valence-electron chi connectivity index (χ0n) is 12.7. The number of Topliss-reactive ketones (excluding diaryl/α,β-unsaturated/α-hetero) is 2. The fraction of sp³-hybridized carbons (Fsp3) is 0.667. The number of rotatable bonds is 3. The number of hydrogen-bond donors (Lipinski definition) is 0. The molecule has 0 saturated heterocycles. The first-order valence-electron chi connectivity index (χ1n) is 8.20. The Morgan fingerprint density at radius 2 is 2.14 bits per heavy atom. The second-order valence-corrected chi connectivity index (χ2v) is 7.13. The molecular weight excluding hydrogens is 264 g/mol. The first kappa shape index (κ1) is 13.3. The highest BCUT2D eigenvalue weighted by atomic mass is 16.5. The molecule has 3 heteroatoms. The summed E-state index contributed by atoms with van der Waals surface area (Å²) >= 11 is 0. The lowest BCUT2D eigenvalue weighted by atomic mass is 9.66. The highest BCUT2D eigenvalue weighted by Gasteiger charge is 2.77. The van der Waals surface area contributed by atoms with Crippen LogP contribution >= 0.6 is 0 Å². The predicted molar refractivity (Wildman–Crippen MR) is 78.4 cm³/mol. The van der Waals surface area contributed by atoms with Crippen molar-refractivity contribution in [3.63, 3.8) is 0 Å². The maximum absolute atomic E-state index is 12.8. The van der Waals surface area contributed by atoms with Crippen LogP contribution in [0.15, 0.2) is 24.0 Å². The van der Waals surface area contributed by atoms with E-state index in [0.717, 1.165) is 19.3 Å². The van der Waals surface area contributed by atoms with Gasteiger partial charge in [0.2, 0.25) is 0 Å². The smallest absolute Gasteiger partial charge is 0.186 e. The number of hydrogen-bond acceptors (Lipinski definition) is 3. The maximum Gasteiger partial charge on any atom is 0.186 e. The van der Waals surface area contributed by atoms with Crippen LogP contribution in [0.4, 0.5) is 0 Å². The van der Waals surface area contributed by atoms with Crippen molar-refractivity contribution in [2.24, 2.45) is 23.2 Å². The Morgan fingerprint density at radius 1 is 1.33 bits per heavy atom. The normalized spacial score (nSPS) is 46.4. The molecule has 1 aliphatic heterocycles. The first-order chi connectivity index (χ1) is 10.1. The van der Waals surface area contributed by atoms with Crippen LogP contribution in [0.1, 0.15) is 46.0 Å². The van der Waals surface area contributed by atoms with E-state index < -0.39 is 5.60 Å². The third-order valence-electron chi connectivity index (χ3n) is 6.42. The first-order valence-corrected chi connectivity index (χ1v) is 8.20. The molecule has 0 aromatic heterocycles. The van der Waals surface area contributed by atoms with Gasteiger partial charge in [-0.25, -0.2) is 0 Å². The fourth-order valence-corrected chi connectivity index (χ4v) is 5.48. The highest BCUT2D eigenvalue weighted by Crippen LogP contribution is 2.70. The van der Waals surface area contributed by atoms with Crippen molar-refractivity contribution in [1.82, 2.24) is 0 Å². The molecule has 112 valence electrons. The van der Waals surface area contributed by atoms with Gasteiger partial charge in [-0.1, -0.05) is 31.9 Å². The molecule has 5 atom stereocenters. The summed E-state index contributed by atoms with van der Waals surface area (Å²) < 4.78 is 6.00. The van der Waals surface area contributed by atoms with Gasteiger partial charge >= 0.3 is 0 Å². The average molecular weight is 286 g/mol. The van der Waals surface area contributed by atoms with Crippen LogP contribution < -0.4 is 0 Å². The van der Waals surface area contributed by atoms with E-state index in [-0.39, 0.29) is 29.0 Å². The monoisotopic (exact) mass is 286 g/mol. The molecule has 0 amide bonds. The van der Waals surface area contributed by atoms with E-state index in [0.29, 0.717) is 18.6 Å². The predicted octanol–water partition coefficient (Wildman–Crippen LogP) is 3.20. The van der Waals surface area contributed by atoms with E-state index in [1.165, 1.54) is 5.57 Å². The van der Waals surface area contributed by atoms with Crippen molar-refractivity contribution in [1.29, 1.82) is 0 Å². The molecule has 0 bridgehead atoms. The van der Waals surface area contributed by atoms with Gasteiger partial charge in [-0.05, 0) is 24.8 Å². The third-order valence-corrected chi connectivity index (χ3v) is 6.42. The number of unbranched alkanes of at least 4 members (excludes halogenated alkanes) is 1. The largest absolute Gasteiger partial charge is 0.485 e. The highest BCUT2D eigenvalue weighted by molar-refractivity contribution is 6.00. The van der Waals surface area contributed by atoms with E-state index >= 15 is 0 Å². The van der Waals surface area contributed by atoms with Gasteiger partial charge < -0.3 is 4.74 Å². The summed E-state index contributed by atoms with van der Waals surface area (Å²) in [6.45, 7) is 4.18. The Balaban J connectivity index is 1.87. The fourth-order valence-electron chi connectivity index (χ4n) is 5.48. The summed E-state index contributed by atoms with van der Waals surface area (Å²) in [6, 6.07) is 0. The van der Waals surface area contributed by atoms with E-state index in [2.05, 4.69) is 13.0 Å². The molecule has 2 spiro atoms. The summed E-state index contributed by atoms with van der Waals surface area (Å²) in [5.74, 6) is 0.623. The summed E-state index contributed by atoms with van der Waals surface area (Å²) in [5.41, 5.74) is 0.162. The maximum atomic E-state index is 12.8. The number of carbonyl (C=O) groups excluding carboxylic acids is 2. The molecule has 3 nitrogen and oxygen atoms in total. The van der Waals surface area contributed by atoms with Crippen molar-refractivity contribution < 1.29 is 14.3 Å². The molecule has 1 heterocycles. The van der Waals surface area contributed by atoms with Crippen molar-refractivity contribution in [2.75, 3.05) is 0 Å². The van der Waals surface area contributed by atoms with Gasteiger partial charge in [0.05, 0.1) is 6.26 Å². The summed E-state index contributed by atoms with van der Waals surface area (Å²) in [7, 11) is 0. The quantitative estimate of drug-likeness (QED) is 0.748. The van der Waals surface area contributed by atoms with E-state index in [9.17, 15) is 9.59 Å². The van der Waals surface area contributed by atoms with Crippen LogP contribution in [-0.2, 0) is 14.3 Å². The molecule has 2 fully saturated rings. The average Bonchev–Trinajstić information content (AvgIpc) is 3.11. The number of carbonyl (C=O) groups is 2. The Morgan fingerprint density at radius 3 is 2.90 bits per heavy atom. The molecule has 0 aromatic rings. The molecule has 2 saturated carbocycles. The molecular formula is C18H22O3. The van der Waals surface area contributed by atoms with Crippen LogP contribution in [0.5, 0.6) is 0 Å². The topological polar surface area (TPSA) is 43.4 Å². The van der Waals surface area contributed by atoms with Crippen LogP contribution in [0.2, 0.25) is 0 Å². The molecule has 0 N–H and O–H groups in total. The van der Waals surface area contributed by atoms with E-state index in [4.69, 9.17) is 4.74 Å². The summed E-state index contributed by atoms with van der Waals surface area (Å²) in [4.78, 5) is 25.2. The molecule has 0 aromatic carbocycles. The Bertz CT molecular complexity index is 587. The SMILES string of the molecule is CCCCC1=C[C@]23C(C)C(=O)C[C@H]2CC(=O)[C@@]32OC=C[C@@H]12. The molecule has 4 rings (SSSR count). The van der Waals surface area contributed by atoms with E-state index in [1.54, 1.807) is 6.26 Å². The Hall–Kier alpha value is -1.38. The molecule has 0 radical (unpaired) electrons. The zero-order valence-corrected chi connectivity index (χ0v) is 12.7. The minimum Gasteiger partial charge on any atom is -0.485 e. The van der Waals surface area contributed by atoms with Crippen molar-refractivity contribution in [3.05, 3.63) is 24.0 Å². The number of ketones is 2. The van der Waals surface area contributed by atoms with Crippen molar-refractivity contribution in [2.45, 2.75) is 51.6 Å². The standard InChI is InChI=1S/C18H22O3/c1-3-4-5-12-10-17-11(2)15(19)8-13(17)9-16(20)18(17)14(12)6-7-21-18/h6-7,10-11,13-14H,3-5,8-9H2,1-2H3/t11?,13-,14-,17-,18+/m0/s1. The van der Waals surface area contributed by atoms with Gasteiger partial charge in [-0.3, -0.25) is 9.59 Å². The second kappa shape index (κ2) is 4.08. The molecule has 3 aliphatic carbocycles. The Kier molecular flexibility index (Phi) is 2.59. The zero-order chi connectivity index (χ0) is 14.8. The molecule has 4 aliphatic rings. The third kappa shape index (κ3) is 1.27. The van der Waals surface area contributed by atoms with Gasteiger partial charge in [0.1, 0.15) is 5.78 Å². The van der Waals surface area contributed by atoms with Gasteiger partial charge in [0, 0.05) is 30.1 Å².